The summed E-state index contributed by atoms with van der Waals surface area (Å²) in [6.07, 6.45) is 2.01. The number of hydrogen-bond donors (Lipinski definition) is 0. The van der Waals surface area contributed by atoms with Crippen LogP contribution in [0.3, 0.4) is 0 Å². The molecule has 1 aromatic rings. The average Bonchev–Trinajstić information content (AvgIpc) is 2.18. The number of alkyl halides is 1. The Morgan fingerprint density at radius 3 is 2.53 bits per heavy atom. The summed E-state index contributed by atoms with van der Waals surface area (Å²) in [4.78, 5) is 0. The van der Waals surface area contributed by atoms with Crippen LogP contribution in [-0.2, 0) is 0 Å². The zero-order valence-corrected chi connectivity index (χ0v) is 11.0. The average molecular weight is 264 g/mol. The summed E-state index contributed by atoms with van der Waals surface area (Å²) >= 11 is 17.8. The first kappa shape index (κ1) is 12.9. The van der Waals surface area contributed by atoms with Gasteiger partial charge in [0.2, 0.25) is 0 Å². The summed E-state index contributed by atoms with van der Waals surface area (Å²) in [6, 6.07) is 5.41. The third kappa shape index (κ3) is 3.71. The molecule has 0 aliphatic carbocycles. The molecule has 3 heteroatoms. The van der Waals surface area contributed by atoms with Crippen molar-refractivity contribution in [2.24, 2.45) is 5.92 Å². The predicted molar refractivity (Wildman–Crippen MR) is 70.0 cm³/mol. The molecule has 0 spiro atoms. The first-order valence-electron chi connectivity index (χ1n) is 4.76. The van der Waals surface area contributed by atoms with Gasteiger partial charge in [-0.25, -0.2) is 0 Å². The highest BCUT2D eigenvalue weighted by Crippen LogP contribution is 2.25. The minimum Gasteiger partial charge on any atom is -0.122 e. The van der Waals surface area contributed by atoms with Gasteiger partial charge in [0, 0.05) is 15.9 Å². The van der Waals surface area contributed by atoms with Crippen molar-refractivity contribution in [3.05, 3.63) is 39.4 Å². The first-order valence-corrected chi connectivity index (χ1v) is 6.05. The largest absolute Gasteiger partial charge is 0.122 e. The maximum absolute atomic E-state index is 6.06. The van der Waals surface area contributed by atoms with E-state index in [9.17, 15) is 0 Å². The normalized spacial score (nSPS) is 12.3. The van der Waals surface area contributed by atoms with Crippen LogP contribution in [-0.4, -0.2) is 5.88 Å². The van der Waals surface area contributed by atoms with Crippen molar-refractivity contribution >= 4 is 40.9 Å². The lowest BCUT2D eigenvalue weighted by molar-refractivity contribution is 0.778. The number of halogens is 3. The van der Waals surface area contributed by atoms with Crippen LogP contribution in [0, 0.1) is 5.92 Å². The summed E-state index contributed by atoms with van der Waals surface area (Å²) in [5.74, 6) is 0.929. The van der Waals surface area contributed by atoms with E-state index in [1.807, 2.05) is 12.1 Å². The van der Waals surface area contributed by atoms with Gasteiger partial charge in [-0.1, -0.05) is 48.7 Å². The predicted octanol–water partition coefficient (Wildman–Crippen LogP) is 5.27. The van der Waals surface area contributed by atoms with Crippen molar-refractivity contribution in [3.8, 4) is 0 Å². The lowest BCUT2D eigenvalue weighted by atomic mass is 10.0. The second-order valence-electron chi connectivity index (χ2n) is 3.67. The van der Waals surface area contributed by atoms with Gasteiger partial charge in [0.1, 0.15) is 0 Å². The van der Waals surface area contributed by atoms with E-state index in [-0.39, 0.29) is 0 Å². The van der Waals surface area contributed by atoms with Gasteiger partial charge < -0.3 is 0 Å². The molecular weight excluding hydrogens is 250 g/mol. The molecule has 0 bridgehead atoms. The first-order chi connectivity index (χ1) is 7.04. The van der Waals surface area contributed by atoms with E-state index in [0.717, 1.165) is 11.1 Å². The molecule has 0 aliphatic rings. The fraction of sp³-hybridized carbons (Fsp3) is 0.333. The molecule has 0 amide bonds. The van der Waals surface area contributed by atoms with E-state index >= 15 is 0 Å². The van der Waals surface area contributed by atoms with Crippen LogP contribution >= 0.6 is 34.8 Å². The van der Waals surface area contributed by atoms with Gasteiger partial charge in [0.15, 0.2) is 0 Å². The van der Waals surface area contributed by atoms with Gasteiger partial charge >= 0.3 is 0 Å². The summed E-state index contributed by atoms with van der Waals surface area (Å²) < 4.78 is 0. The minimum atomic E-state index is 0.414. The Kier molecular flexibility index (Phi) is 4.98. The van der Waals surface area contributed by atoms with E-state index in [2.05, 4.69) is 13.8 Å². The molecule has 0 saturated carbocycles. The van der Waals surface area contributed by atoms with Gasteiger partial charge in [-0.15, -0.1) is 11.6 Å². The van der Waals surface area contributed by atoms with Gasteiger partial charge in [0.25, 0.3) is 0 Å². The molecule has 1 rings (SSSR count). The van der Waals surface area contributed by atoms with Gasteiger partial charge in [-0.2, -0.15) is 0 Å². The SMILES string of the molecule is CC(C)/C(=C/c1cc(Cl)ccc1Cl)CCl. The molecule has 0 N–H and O–H groups in total. The molecule has 1 aromatic carbocycles. The Hall–Kier alpha value is -0.170. The van der Waals surface area contributed by atoms with Gasteiger partial charge in [-0.3, -0.25) is 0 Å². The number of allylic oxidation sites excluding steroid dienone is 1. The highest BCUT2D eigenvalue weighted by Gasteiger charge is 2.04. The summed E-state index contributed by atoms with van der Waals surface area (Å²) in [5, 5.41) is 1.38. The molecule has 0 aromatic heterocycles. The summed E-state index contributed by atoms with van der Waals surface area (Å²) in [7, 11) is 0. The molecule has 82 valence electrons. The Morgan fingerprint density at radius 1 is 1.33 bits per heavy atom. The van der Waals surface area contributed by atoms with Gasteiger partial charge in [-0.05, 0) is 29.7 Å². The molecule has 0 radical (unpaired) electrons. The van der Waals surface area contributed by atoms with E-state index in [1.165, 1.54) is 0 Å². The van der Waals surface area contributed by atoms with Crippen molar-refractivity contribution in [2.75, 3.05) is 5.88 Å². The standard InChI is InChI=1S/C12H13Cl3/c1-8(2)10(7-13)5-9-6-11(14)3-4-12(9)15/h3-6,8H,7H2,1-2H3/b10-5+. The van der Waals surface area contributed by atoms with Crippen molar-refractivity contribution in [3.63, 3.8) is 0 Å². The van der Waals surface area contributed by atoms with Crippen molar-refractivity contribution in [1.82, 2.24) is 0 Å². The fourth-order valence-corrected chi connectivity index (χ4v) is 1.92. The highest BCUT2D eigenvalue weighted by atomic mass is 35.5. The quantitative estimate of drug-likeness (QED) is 0.652. The Balaban J connectivity index is 3.10. The lowest BCUT2D eigenvalue weighted by Gasteiger charge is -2.08. The van der Waals surface area contributed by atoms with E-state index in [0.29, 0.717) is 21.8 Å². The molecule has 0 heterocycles. The van der Waals surface area contributed by atoms with E-state index in [1.54, 1.807) is 12.1 Å². The molecular formula is C12H13Cl3. The smallest absolute Gasteiger partial charge is 0.0479 e. The minimum absolute atomic E-state index is 0.414. The second-order valence-corrected chi connectivity index (χ2v) is 4.78. The third-order valence-electron chi connectivity index (χ3n) is 2.19. The monoisotopic (exact) mass is 262 g/mol. The van der Waals surface area contributed by atoms with Crippen LogP contribution in [0.4, 0.5) is 0 Å². The molecule has 0 unspecified atom stereocenters. The molecule has 0 atom stereocenters. The summed E-state index contributed by atoms with van der Waals surface area (Å²) in [6.45, 7) is 4.21. The zero-order chi connectivity index (χ0) is 11.4. The van der Waals surface area contributed by atoms with Crippen LogP contribution < -0.4 is 0 Å². The Labute approximate surface area is 106 Å². The summed E-state index contributed by atoms with van der Waals surface area (Å²) in [5.41, 5.74) is 2.08. The third-order valence-corrected chi connectivity index (χ3v) is 3.08. The van der Waals surface area contributed by atoms with E-state index in [4.69, 9.17) is 34.8 Å². The number of hydrogen-bond acceptors (Lipinski definition) is 0. The zero-order valence-electron chi connectivity index (χ0n) is 8.73. The van der Waals surface area contributed by atoms with Crippen molar-refractivity contribution in [1.29, 1.82) is 0 Å². The number of benzene rings is 1. The molecule has 0 aliphatic heterocycles. The fourth-order valence-electron chi connectivity index (χ4n) is 1.18. The van der Waals surface area contributed by atoms with E-state index < -0.39 is 0 Å². The second kappa shape index (κ2) is 5.79. The van der Waals surface area contributed by atoms with Crippen LogP contribution in [0.25, 0.3) is 6.08 Å². The molecule has 0 nitrogen and oxygen atoms in total. The Bertz CT molecular complexity index is 367. The lowest BCUT2D eigenvalue weighted by Crippen LogP contribution is -1.95. The van der Waals surface area contributed by atoms with Gasteiger partial charge in [0.05, 0.1) is 0 Å². The topological polar surface area (TPSA) is 0 Å². The molecule has 15 heavy (non-hydrogen) atoms. The van der Waals surface area contributed by atoms with Crippen molar-refractivity contribution in [2.45, 2.75) is 13.8 Å². The maximum Gasteiger partial charge on any atom is 0.0479 e. The van der Waals surface area contributed by atoms with Crippen LogP contribution in [0.1, 0.15) is 19.4 Å². The van der Waals surface area contributed by atoms with Crippen LogP contribution in [0.2, 0.25) is 10.0 Å². The van der Waals surface area contributed by atoms with Crippen LogP contribution in [0.15, 0.2) is 23.8 Å². The molecule has 0 saturated heterocycles. The Morgan fingerprint density at radius 2 is 2.00 bits per heavy atom. The molecule has 0 fully saturated rings. The van der Waals surface area contributed by atoms with Crippen molar-refractivity contribution < 1.29 is 0 Å². The van der Waals surface area contributed by atoms with Crippen LogP contribution in [0.5, 0.6) is 0 Å². The maximum atomic E-state index is 6.06. The number of rotatable bonds is 3. The highest BCUT2D eigenvalue weighted by molar-refractivity contribution is 6.34.